The maximum atomic E-state index is 13.7. The van der Waals surface area contributed by atoms with Crippen molar-refractivity contribution in [1.82, 2.24) is 18.7 Å². The summed E-state index contributed by atoms with van der Waals surface area (Å²) in [6.07, 6.45) is 1.57. The molecule has 0 saturated carbocycles. The van der Waals surface area contributed by atoms with Crippen LogP contribution >= 0.6 is 11.8 Å². The van der Waals surface area contributed by atoms with Gasteiger partial charge in [-0.05, 0) is 66.7 Å². The number of para-hydroxylation sites is 1. The van der Waals surface area contributed by atoms with Gasteiger partial charge in [0.05, 0.1) is 30.4 Å². The van der Waals surface area contributed by atoms with Crippen LogP contribution in [0.25, 0.3) is 28.0 Å². The predicted octanol–water partition coefficient (Wildman–Crippen LogP) is 5.87. The molecule has 0 aliphatic rings. The normalized spacial score (nSPS) is 11.4. The number of thioether (sulfide) groups is 1. The van der Waals surface area contributed by atoms with Crippen molar-refractivity contribution in [2.75, 3.05) is 25.3 Å². The quantitative estimate of drug-likeness (QED) is 0.188. The smallest absolute Gasteiger partial charge is 0.268 e. The van der Waals surface area contributed by atoms with E-state index in [1.807, 2.05) is 41.0 Å². The Morgan fingerprint density at radius 2 is 1.45 bits per heavy atom. The summed E-state index contributed by atoms with van der Waals surface area (Å²) < 4.78 is 41.1. The first-order chi connectivity index (χ1) is 21.4. The summed E-state index contributed by atoms with van der Waals surface area (Å²) in [5, 5.41) is 13.0. The standard InChI is InChI=1S/C32H27N5O5S2/c1-41-24-16-12-22(13-17-24)33-30(38)21-43-32-35-34-31(37(32)23-14-18-25(42-2)19-15-23)28-20-36(29-11-7-6-10-27(28)29)44(39,40)26-8-4-3-5-9-26/h3-20H,21H2,1-2H3,(H,33,38). The maximum absolute atomic E-state index is 13.7. The third-order valence-electron chi connectivity index (χ3n) is 6.89. The Kier molecular flexibility index (Phi) is 8.09. The number of aromatic nitrogens is 4. The van der Waals surface area contributed by atoms with Gasteiger partial charge < -0.3 is 14.8 Å². The van der Waals surface area contributed by atoms with E-state index in [2.05, 4.69) is 15.5 Å². The number of nitrogens with zero attached hydrogens (tertiary/aromatic N) is 4. The molecule has 0 aliphatic heterocycles. The summed E-state index contributed by atoms with van der Waals surface area (Å²) in [4.78, 5) is 13.0. The van der Waals surface area contributed by atoms with E-state index in [0.29, 0.717) is 50.3 Å². The monoisotopic (exact) mass is 625 g/mol. The highest BCUT2D eigenvalue weighted by atomic mass is 32.2. The van der Waals surface area contributed by atoms with Gasteiger partial charge >= 0.3 is 0 Å². The summed E-state index contributed by atoms with van der Waals surface area (Å²) in [6.45, 7) is 0. The lowest BCUT2D eigenvalue weighted by Crippen LogP contribution is -2.14. The molecule has 12 heteroatoms. The van der Waals surface area contributed by atoms with Crippen molar-refractivity contribution in [3.63, 3.8) is 0 Å². The Balaban J connectivity index is 1.40. The second-order valence-electron chi connectivity index (χ2n) is 9.58. The molecule has 2 heterocycles. The van der Waals surface area contributed by atoms with Gasteiger partial charge in [0.1, 0.15) is 11.5 Å². The van der Waals surface area contributed by atoms with Crippen molar-refractivity contribution in [2.45, 2.75) is 10.1 Å². The second kappa shape index (κ2) is 12.3. The first kappa shape index (κ1) is 29.0. The van der Waals surface area contributed by atoms with Crippen molar-refractivity contribution in [3.8, 4) is 28.6 Å². The van der Waals surface area contributed by atoms with Gasteiger partial charge in [0.15, 0.2) is 11.0 Å². The first-order valence-corrected chi connectivity index (χ1v) is 15.9. The minimum Gasteiger partial charge on any atom is -0.497 e. The maximum Gasteiger partial charge on any atom is 0.268 e. The molecule has 44 heavy (non-hydrogen) atoms. The molecule has 0 aliphatic carbocycles. The molecular formula is C32H27N5O5S2. The van der Waals surface area contributed by atoms with Crippen LogP contribution in [0.5, 0.6) is 11.5 Å². The third-order valence-corrected chi connectivity index (χ3v) is 9.51. The molecule has 1 amide bonds. The van der Waals surface area contributed by atoms with E-state index in [0.717, 1.165) is 0 Å². The Bertz CT molecular complexity index is 2040. The fourth-order valence-corrected chi connectivity index (χ4v) is 6.88. The zero-order chi connectivity index (χ0) is 30.7. The molecule has 0 unspecified atom stereocenters. The van der Waals surface area contributed by atoms with E-state index in [1.54, 1.807) is 87.1 Å². The lowest BCUT2D eigenvalue weighted by atomic mass is 10.1. The number of rotatable bonds is 10. The van der Waals surface area contributed by atoms with Gasteiger partial charge in [-0.1, -0.05) is 48.2 Å². The third kappa shape index (κ3) is 5.64. The fourth-order valence-electron chi connectivity index (χ4n) is 4.74. The molecule has 0 atom stereocenters. The summed E-state index contributed by atoms with van der Waals surface area (Å²) in [5.41, 5.74) is 2.43. The van der Waals surface area contributed by atoms with Crippen molar-refractivity contribution >= 4 is 44.3 Å². The van der Waals surface area contributed by atoms with E-state index in [1.165, 1.54) is 15.7 Å². The number of anilines is 1. The van der Waals surface area contributed by atoms with Gasteiger partial charge in [0, 0.05) is 28.5 Å². The summed E-state index contributed by atoms with van der Waals surface area (Å²) >= 11 is 1.21. The van der Waals surface area contributed by atoms with Crippen LogP contribution in [0.2, 0.25) is 0 Å². The Hall–Kier alpha value is -5.07. The number of benzene rings is 4. The summed E-state index contributed by atoms with van der Waals surface area (Å²) in [5.74, 6) is 1.62. The summed E-state index contributed by atoms with van der Waals surface area (Å²) in [6, 6.07) is 29.9. The molecule has 0 saturated heterocycles. The largest absolute Gasteiger partial charge is 0.497 e. The van der Waals surface area contributed by atoms with Gasteiger partial charge in [-0.3, -0.25) is 9.36 Å². The second-order valence-corrected chi connectivity index (χ2v) is 12.3. The van der Waals surface area contributed by atoms with Gasteiger partial charge in [-0.2, -0.15) is 0 Å². The fraction of sp³-hybridized carbons (Fsp3) is 0.0938. The van der Waals surface area contributed by atoms with E-state index in [-0.39, 0.29) is 16.6 Å². The number of methoxy groups -OCH3 is 2. The molecule has 10 nitrogen and oxygen atoms in total. The van der Waals surface area contributed by atoms with Gasteiger partial charge in [-0.25, -0.2) is 12.4 Å². The zero-order valence-corrected chi connectivity index (χ0v) is 25.4. The number of ether oxygens (including phenoxy) is 2. The Morgan fingerprint density at radius 3 is 2.14 bits per heavy atom. The Morgan fingerprint density at radius 1 is 0.818 bits per heavy atom. The van der Waals surface area contributed by atoms with Crippen LogP contribution in [0.3, 0.4) is 0 Å². The minimum absolute atomic E-state index is 0.0600. The number of nitrogens with one attached hydrogen (secondary N) is 1. The highest BCUT2D eigenvalue weighted by molar-refractivity contribution is 7.99. The highest BCUT2D eigenvalue weighted by Crippen LogP contribution is 2.36. The molecule has 4 aromatic carbocycles. The summed E-state index contributed by atoms with van der Waals surface area (Å²) in [7, 11) is -0.743. The molecule has 1 N–H and O–H groups in total. The molecule has 0 radical (unpaired) electrons. The lowest BCUT2D eigenvalue weighted by molar-refractivity contribution is -0.113. The lowest BCUT2D eigenvalue weighted by Gasteiger charge is -2.11. The van der Waals surface area contributed by atoms with Crippen molar-refractivity contribution in [3.05, 3.63) is 109 Å². The van der Waals surface area contributed by atoms with Gasteiger partial charge in [-0.15, -0.1) is 10.2 Å². The highest BCUT2D eigenvalue weighted by Gasteiger charge is 2.25. The van der Waals surface area contributed by atoms with Crippen LogP contribution in [0, 0.1) is 0 Å². The molecule has 0 spiro atoms. The molecule has 6 rings (SSSR count). The zero-order valence-electron chi connectivity index (χ0n) is 23.7. The van der Waals surface area contributed by atoms with Crippen LogP contribution in [-0.2, 0) is 14.8 Å². The number of carbonyl (C=O) groups is 1. The van der Waals surface area contributed by atoms with Crippen molar-refractivity contribution < 1.29 is 22.7 Å². The molecule has 6 aromatic rings. The average molecular weight is 626 g/mol. The van der Waals surface area contributed by atoms with E-state index >= 15 is 0 Å². The molecule has 0 bridgehead atoms. The number of carbonyl (C=O) groups excluding carboxylic acids is 1. The van der Waals surface area contributed by atoms with Crippen LogP contribution in [-0.4, -0.2) is 53.0 Å². The average Bonchev–Trinajstić information content (AvgIpc) is 3.67. The van der Waals surface area contributed by atoms with Gasteiger partial charge in [0.2, 0.25) is 5.91 Å². The number of hydrogen-bond donors (Lipinski definition) is 1. The van der Waals surface area contributed by atoms with Crippen LogP contribution < -0.4 is 14.8 Å². The molecule has 222 valence electrons. The van der Waals surface area contributed by atoms with E-state index in [9.17, 15) is 13.2 Å². The van der Waals surface area contributed by atoms with Crippen molar-refractivity contribution in [2.24, 2.45) is 0 Å². The molecule has 0 fully saturated rings. The Labute approximate surface area is 258 Å². The number of amides is 1. The van der Waals surface area contributed by atoms with Crippen LogP contribution in [0.1, 0.15) is 0 Å². The molecule has 2 aromatic heterocycles. The SMILES string of the molecule is COc1ccc(NC(=O)CSc2nnc(-c3cn(S(=O)(=O)c4ccccc4)c4ccccc34)n2-c2ccc(OC)cc2)cc1. The first-order valence-electron chi connectivity index (χ1n) is 13.5. The minimum atomic E-state index is -3.91. The topological polar surface area (TPSA) is 117 Å². The van der Waals surface area contributed by atoms with Crippen molar-refractivity contribution in [1.29, 1.82) is 0 Å². The van der Waals surface area contributed by atoms with E-state index < -0.39 is 10.0 Å². The number of fused-ring (bicyclic) bond motifs is 1. The van der Waals surface area contributed by atoms with Crippen LogP contribution in [0.4, 0.5) is 5.69 Å². The predicted molar refractivity (Wildman–Crippen MR) is 170 cm³/mol. The molecular weight excluding hydrogens is 599 g/mol. The van der Waals surface area contributed by atoms with E-state index in [4.69, 9.17) is 9.47 Å². The van der Waals surface area contributed by atoms with Gasteiger partial charge in [0.25, 0.3) is 10.0 Å². The van der Waals surface area contributed by atoms with Crippen LogP contribution in [0.15, 0.2) is 119 Å². The number of hydrogen-bond acceptors (Lipinski definition) is 8.